The predicted molar refractivity (Wildman–Crippen MR) is 201 cm³/mol. The third kappa shape index (κ3) is 3.75. The molecule has 48 heavy (non-hydrogen) atoms. The van der Waals surface area contributed by atoms with Gasteiger partial charge in [-0.15, -0.1) is 0 Å². The first-order chi connectivity index (χ1) is 23.8. The maximum absolute atomic E-state index is 3.88. The van der Waals surface area contributed by atoms with Crippen molar-refractivity contribution in [3.8, 4) is 28.7 Å². The highest BCUT2D eigenvalue weighted by Crippen LogP contribution is 2.53. The second kappa shape index (κ2) is 10.3. The molecular weight excluding hydrogens is 579 g/mol. The van der Waals surface area contributed by atoms with Gasteiger partial charge < -0.3 is 4.57 Å². The smallest absolute Gasteiger partial charge is 0.108 e. The normalized spacial score (nSPS) is 15.0. The lowest BCUT2D eigenvalue weighted by Gasteiger charge is -2.28. The van der Waals surface area contributed by atoms with Crippen molar-refractivity contribution in [1.29, 1.82) is 0 Å². The van der Waals surface area contributed by atoms with Crippen molar-refractivity contribution in [2.75, 3.05) is 0 Å². The minimum atomic E-state index is -0.642. The topological polar surface area (TPSA) is 4.93 Å². The fourth-order valence-corrected chi connectivity index (χ4v) is 8.13. The van der Waals surface area contributed by atoms with Crippen molar-refractivity contribution in [1.82, 2.24) is 4.57 Å². The molecule has 1 aliphatic rings. The van der Waals surface area contributed by atoms with Crippen LogP contribution in [-0.2, 0) is 5.41 Å². The molecule has 0 saturated carbocycles. The van der Waals surface area contributed by atoms with E-state index in [-0.39, 0.29) is 0 Å². The van der Waals surface area contributed by atoms with Crippen LogP contribution in [0.2, 0.25) is 0 Å². The maximum Gasteiger partial charge on any atom is 0.108 e. The van der Waals surface area contributed by atoms with Crippen LogP contribution in [0.5, 0.6) is 0 Å². The summed E-state index contributed by atoms with van der Waals surface area (Å²) >= 11 is 0. The first-order valence-electron chi connectivity index (χ1n) is 16.5. The Bertz CT molecular complexity index is 2680. The lowest BCUT2D eigenvalue weighted by atomic mass is 9.73. The Hall–Kier alpha value is -6.36. The van der Waals surface area contributed by atoms with E-state index >= 15 is 0 Å². The molecule has 0 spiro atoms. The molecule has 0 bridgehead atoms. The molecule has 1 aromatic heterocycles. The van der Waals surface area contributed by atoms with Gasteiger partial charge in [0.25, 0.3) is 0 Å². The highest BCUT2D eigenvalue weighted by Gasteiger charge is 2.44. The Morgan fingerprint density at radius 3 is 1.69 bits per heavy atom. The van der Waals surface area contributed by atoms with E-state index in [0.717, 1.165) is 11.3 Å². The Kier molecular flexibility index (Phi) is 5.77. The van der Waals surface area contributed by atoms with Gasteiger partial charge in [0.05, 0.1) is 11.0 Å². The SMILES string of the molecule is C(#CC1(c2ccccc2)c2ccccc2-c2ccc(-n3c4ccc5ccccc5c4c4c5ccccc5ccc43)cc21)c1ccccc1. The van der Waals surface area contributed by atoms with Gasteiger partial charge in [-0.2, -0.15) is 0 Å². The first kappa shape index (κ1) is 26.8. The summed E-state index contributed by atoms with van der Waals surface area (Å²) < 4.78 is 2.47. The van der Waals surface area contributed by atoms with Crippen LogP contribution >= 0.6 is 0 Å². The largest absolute Gasteiger partial charge is 0.309 e. The van der Waals surface area contributed by atoms with Crippen molar-refractivity contribution in [3.05, 3.63) is 198 Å². The Morgan fingerprint density at radius 2 is 1.00 bits per heavy atom. The van der Waals surface area contributed by atoms with Gasteiger partial charge in [0, 0.05) is 22.0 Å². The van der Waals surface area contributed by atoms with E-state index in [9.17, 15) is 0 Å². The minimum absolute atomic E-state index is 0.642. The summed E-state index contributed by atoms with van der Waals surface area (Å²) in [5.41, 5.74) is 10.0. The zero-order valence-corrected chi connectivity index (χ0v) is 26.2. The molecule has 0 amide bonds. The van der Waals surface area contributed by atoms with E-state index in [4.69, 9.17) is 0 Å². The molecule has 1 heteroatoms. The lowest BCUT2D eigenvalue weighted by Crippen LogP contribution is -2.25. The van der Waals surface area contributed by atoms with Crippen molar-refractivity contribution in [2.45, 2.75) is 5.41 Å². The molecule has 0 N–H and O–H groups in total. The molecule has 1 atom stereocenters. The maximum atomic E-state index is 3.88. The van der Waals surface area contributed by atoms with Crippen LogP contribution < -0.4 is 0 Å². The van der Waals surface area contributed by atoms with Crippen LogP contribution in [0.15, 0.2) is 176 Å². The van der Waals surface area contributed by atoms with Crippen molar-refractivity contribution < 1.29 is 0 Å². The van der Waals surface area contributed by atoms with Gasteiger partial charge >= 0.3 is 0 Å². The standard InChI is InChI=1S/C47H29N/c1-3-13-32(14-4-1)29-30-47(35-17-5-2-6-18-35)41-22-12-11-21-39(41)40-26-25-36(31-42(40)47)48-43-27-23-33-15-7-9-19-37(33)45(43)46-38-20-10-8-16-34(38)24-28-44(46)48/h1-28,31H. The molecule has 8 aromatic carbocycles. The molecule has 10 rings (SSSR count). The van der Waals surface area contributed by atoms with Crippen LogP contribution in [0.1, 0.15) is 22.3 Å². The Balaban J connectivity index is 1.33. The molecule has 1 heterocycles. The first-order valence-corrected chi connectivity index (χ1v) is 16.5. The second-order valence-electron chi connectivity index (χ2n) is 12.7. The van der Waals surface area contributed by atoms with Gasteiger partial charge in [-0.1, -0.05) is 151 Å². The van der Waals surface area contributed by atoms with E-state index in [1.165, 1.54) is 71.2 Å². The molecule has 0 radical (unpaired) electrons. The summed E-state index contributed by atoms with van der Waals surface area (Å²) in [7, 11) is 0. The molecule has 1 unspecified atom stereocenters. The highest BCUT2D eigenvalue weighted by atomic mass is 15.0. The van der Waals surface area contributed by atoms with Gasteiger partial charge in [0.1, 0.15) is 5.41 Å². The summed E-state index contributed by atoms with van der Waals surface area (Å²) in [4.78, 5) is 0. The number of aromatic nitrogens is 1. The third-order valence-electron chi connectivity index (χ3n) is 10.2. The average molecular weight is 608 g/mol. The molecule has 222 valence electrons. The van der Waals surface area contributed by atoms with Gasteiger partial charge in [0.2, 0.25) is 0 Å². The molecule has 0 saturated heterocycles. The van der Waals surface area contributed by atoms with Gasteiger partial charge in [-0.3, -0.25) is 0 Å². The van der Waals surface area contributed by atoms with Crippen LogP contribution in [0.3, 0.4) is 0 Å². The molecule has 0 fully saturated rings. The monoisotopic (exact) mass is 607 g/mol. The van der Waals surface area contributed by atoms with Crippen LogP contribution in [0.4, 0.5) is 0 Å². The zero-order valence-electron chi connectivity index (χ0n) is 26.2. The predicted octanol–water partition coefficient (Wildman–Crippen LogP) is 11.5. The van der Waals surface area contributed by atoms with Gasteiger partial charge in [-0.25, -0.2) is 0 Å². The average Bonchev–Trinajstić information content (AvgIpc) is 3.66. The number of fused-ring (bicyclic) bond motifs is 10. The molecule has 1 nitrogen and oxygen atoms in total. The summed E-state index contributed by atoms with van der Waals surface area (Å²) in [5, 5.41) is 7.64. The van der Waals surface area contributed by atoms with Crippen molar-refractivity contribution in [3.63, 3.8) is 0 Å². The molecular formula is C47H29N. The van der Waals surface area contributed by atoms with E-state index in [2.05, 4.69) is 186 Å². The summed E-state index contributed by atoms with van der Waals surface area (Å²) in [5.74, 6) is 7.48. The highest BCUT2D eigenvalue weighted by molar-refractivity contribution is 6.28. The van der Waals surface area contributed by atoms with Crippen LogP contribution in [0, 0.1) is 11.8 Å². The lowest BCUT2D eigenvalue weighted by molar-refractivity contribution is 0.835. The zero-order chi connectivity index (χ0) is 31.7. The summed E-state index contributed by atoms with van der Waals surface area (Å²) in [6, 6.07) is 63.7. The summed E-state index contributed by atoms with van der Waals surface area (Å²) in [6.45, 7) is 0. The number of hydrogen-bond acceptors (Lipinski definition) is 0. The fraction of sp³-hybridized carbons (Fsp3) is 0.0213. The van der Waals surface area contributed by atoms with Crippen LogP contribution in [0.25, 0.3) is 60.2 Å². The van der Waals surface area contributed by atoms with Crippen molar-refractivity contribution in [2.24, 2.45) is 0 Å². The van der Waals surface area contributed by atoms with Gasteiger partial charge in [0.15, 0.2) is 0 Å². The van der Waals surface area contributed by atoms with E-state index in [1.54, 1.807) is 0 Å². The van der Waals surface area contributed by atoms with Crippen LogP contribution in [-0.4, -0.2) is 4.57 Å². The molecule has 0 aliphatic heterocycles. The number of hydrogen-bond donors (Lipinski definition) is 0. The Labute approximate surface area is 279 Å². The van der Waals surface area contributed by atoms with Crippen molar-refractivity contribution >= 4 is 43.4 Å². The molecule has 1 aliphatic carbocycles. The minimum Gasteiger partial charge on any atom is -0.309 e. The quantitative estimate of drug-likeness (QED) is 0.172. The second-order valence-corrected chi connectivity index (χ2v) is 12.7. The number of nitrogens with zero attached hydrogens (tertiary/aromatic N) is 1. The van der Waals surface area contributed by atoms with E-state index in [0.29, 0.717) is 0 Å². The third-order valence-corrected chi connectivity index (χ3v) is 10.2. The Morgan fingerprint density at radius 1 is 0.438 bits per heavy atom. The van der Waals surface area contributed by atoms with Gasteiger partial charge in [-0.05, 0) is 85.8 Å². The number of benzene rings is 8. The van der Waals surface area contributed by atoms with E-state index in [1.807, 2.05) is 6.07 Å². The fourth-order valence-electron chi connectivity index (χ4n) is 8.13. The number of rotatable bonds is 2. The molecule has 9 aromatic rings. The summed E-state index contributed by atoms with van der Waals surface area (Å²) in [6.07, 6.45) is 0. The van der Waals surface area contributed by atoms with E-state index < -0.39 is 5.41 Å².